The molecule has 0 atom stereocenters. The van der Waals surface area contributed by atoms with E-state index in [1.54, 1.807) is 24.3 Å². The Morgan fingerprint density at radius 1 is 1.12 bits per heavy atom. The molecule has 2 aromatic carbocycles. The Bertz CT molecular complexity index is 938. The largest absolute Gasteiger partial charge is 0.483 e. The van der Waals surface area contributed by atoms with Crippen LogP contribution in [0, 0.1) is 5.82 Å². The number of benzene rings is 2. The topological polar surface area (TPSA) is 76.1 Å². The molecular formula is C16H11Cl2FN4O2S. The molecule has 0 saturated heterocycles. The molecule has 0 radical (unpaired) electrons. The number of amides is 2. The van der Waals surface area contributed by atoms with E-state index in [1.807, 2.05) is 0 Å². The molecule has 0 saturated carbocycles. The molecule has 1 aromatic heterocycles. The number of ether oxygens (including phenoxy) is 1. The Kier molecular flexibility index (Phi) is 5.87. The van der Waals surface area contributed by atoms with Crippen molar-refractivity contribution < 1.29 is 13.9 Å². The average molecular weight is 413 g/mol. The van der Waals surface area contributed by atoms with Crippen LogP contribution in [0.15, 0.2) is 42.5 Å². The van der Waals surface area contributed by atoms with Crippen molar-refractivity contribution in [3.05, 3.63) is 63.3 Å². The summed E-state index contributed by atoms with van der Waals surface area (Å²) in [7, 11) is 0. The van der Waals surface area contributed by atoms with Gasteiger partial charge in [0.2, 0.25) is 5.13 Å². The molecule has 0 aliphatic carbocycles. The molecule has 2 amide bonds. The Labute approximate surface area is 161 Å². The first-order chi connectivity index (χ1) is 12.5. The SMILES string of the molecule is O=C(Nc1ccc(Cl)c(Cl)c1)Nc1nnc(COc2ccccc2F)s1. The van der Waals surface area contributed by atoms with Gasteiger partial charge < -0.3 is 10.1 Å². The molecule has 0 aliphatic rings. The Morgan fingerprint density at radius 3 is 2.69 bits per heavy atom. The number of anilines is 2. The third-order valence-electron chi connectivity index (χ3n) is 3.05. The van der Waals surface area contributed by atoms with Crippen LogP contribution in [0.25, 0.3) is 0 Å². The van der Waals surface area contributed by atoms with Crippen molar-refractivity contribution in [2.75, 3.05) is 10.6 Å². The van der Waals surface area contributed by atoms with E-state index in [2.05, 4.69) is 20.8 Å². The molecule has 0 aliphatic heterocycles. The number of hydrogen-bond acceptors (Lipinski definition) is 5. The summed E-state index contributed by atoms with van der Waals surface area (Å²) in [5.74, 6) is -0.342. The molecular weight excluding hydrogens is 402 g/mol. The standard InChI is InChI=1S/C16H11Cl2FN4O2S/c17-10-6-5-9(7-11(10)18)20-15(24)21-16-23-22-14(26-16)8-25-13-4-2-1-3-12(13)19/h1-7H,8H2,(H2,20,21,23,24). The van der Waals surface area contributed by atoms with Crippen molar-refractivity contribution in [1.29, 1.82) is 0 Å². The lowest BCUT2D eigenvalue weighted by Gasteiger charge is -2.06. The number of rotatable bonds is 5. The number of nitrogens with one attached hydrogen (secondary N) is 2. The zero-order valence-electron chi connectivity index (χ0n) is 13.0. The fourth-order valence-corrected chi connectivity index (χ4v) is 2.84. The van der Waals surface area contributed by atoms with Crippen LogP contribution in [-0.2, 0) is 6.61 Å². The second kappa shape index (κ2) is 8.31. The summed E-state index contributed by atoms with van der Waals surface area (Å²) in [6.07, 6.45) is 0. The van der Waals surface area contributed by atoms with Crippen molar-refractivity contribution in [3.63, 3.8) is 0 Å². The molecule has 1 heterocycles. The van der Waals surface area contributed by atoms with E-state index in [1.165, 1.54) is 18.2 Å². The molecule has 0 spiro atoms. The van der Waals surface area contributed by atoms with Crippen molar-refractivity contribution >= 4 is 51.4 Å². The minimum Gasteiger partial charge on any atom is -0.483 e. The van der Waals surface area contributed by atoms with E-state index in [0.29, 0.717) is 20.7 Å². The number of para-hydroxylation sites is 1. The van der Waals surface area contributed by atoms with Gasteiger partial charge in [-0.15, -0.1) is 10.2 Å². The zero-order chi connectivity index (χ0) is 18.5. The monoisotopic (exact) mass is 412 g/mol. The van der Waals surface area contributed by atoms with Crippen molar-refractivity contribution in [3.8, 4) is 5.75 Å². The summed E-state index contributed by atoms with van der Waals surface area (Å²) in [6, 6.07) is 10.2. The molecule has 134 valence electrons. The lowest BCUT2D eigenvalue weighted by atomic mass is 10.3. The van der Waals surface area contributed by atoms with Crippen LogP contribution in [-0.4, -0.2) is 16.2 Å². The normalized spacial score (nSPS) is 10.4. The van der Waals surface area contributed by atoms with E-state index in [9.17, 15) is 9.18 Å². The van der Waals surface area contributed by atoms with Crippen LogP contribution in [0.3, 0.4) is 0 Å². The van der Waals surface area contributed by atoms with Gasteiger partial charge in [0.1, 0.15) is 6.61 Å². The molecule has 10 heteroatoms. The molecule has 2 N–H and O–H groups in total. The van der Waals surface area contributed by atoms with Crippen LogP contribution in [0.5, 0.6) is 5.75 Å². The van der Waals surface area contributed by atoms with Crippen molar-refractivity contribution in [2.24, 2.45) is 0 Å². The van der Waals surface area contributed by atoms with Crippen molar-refractivity contribution in [2.45, 2.75) is 6.61 Å². The van der Waals surface area contributed by atoms with Gasteiger partial charge in [0.25, 0.3) is 0 Å². The maximum absolute atomic E-state index is 13.5. The highest BCUT2D eigenvalue weighted by Crippen LogP contribution is 2.25. The summed E-state index contributed by atoms with van der Waals surface area (Å²) >= 11 is 12.8. The summed E-state index contributed by atoms with van der Waals surface area (Å²) in [4.78, 5) is 12.0. The number of halogens is 3. The van der Waals surface area contributed by atoms with Crippen LogP contribution >= 0.6 is 34.5 Å². The lowest BCUT2D eigenvalue weighted by molar-refractivity contribution is 0.262. The van der Waals surface area contributed by atoms with Crippen LogP contribution in [0.4, 0.5) is 20.0 Å². The minimum absolute atomic E-state index is 0.0364. The van der Waals surface area contributed by atoms with Gasteiger partial charge in [-0.25, -0.2) is 9.18 Å². The average Bonchev–Trinajstić information content (AvgIpc) is 3.05. The fourth-order valence-electron chi connectivity index (χ4n) is 1.90. The maximum Gasteiger partial charge on any atom is 0.325 e. The van der Waals surface area contributed by atoms with E-state index in [-0.39, 0.29) is 17.5 Å². The lowest BCUT2D eigenvalue weighted by Crippen LogP contribution is -2.19. The highest BCUT2D eigenvalue weighted by Gasteiger charge is 2.10. The number of nitrogens with zero attached hydrogens (tertiary/aromatic N) is 2. The summed E-state index contributed by atoms with van der Waals surface area (Å²) in [5.41, 5.74) is 0.476. The first-order valence-electron chi connectivity index (χ1n) is 7.24. The minimum atomic E-state index is -0.513. The van der Waals surface area contributed by atoms with Gasteiger partial charge in [0, 0.05) is 5.69 Å². The Morgan fingerprint density at radius 2 is 1.92 bits per heavy atom. The Hall–Kier alpha value is -2.42. The molecule has 0 bridgehead atoms. The van der Waals surface area contributed by atoms with Gasteiger partial charge in [-0.3, -0.25) is 5.32 Å². The van der Waals surface area contributed by atoms with Gasteiger partial charge in [-0.05, 0) is 30.3 Å². The second-order valence-electron chi connectivity index (χ2n) is 4.93. The van der Waals surface area contributed by atoms with Gasteiger partial charge in [0.15, 0.2) is 16.6 Å². The number of urea groups is 1. The highest BCUT2D eigenvalue weighted by atomic mass is 35.5. The molecule has 0 unspecified atom stereocenters. The number of carbonyl (C=O) groups excluding carboxylic acids is 1. The van der Waals surface area contributed by atoms with Gasteiger partial charge >= 0.3 is 6.03 Å². The summed E-state index contributed by atoms with van der Waals surface area (Å²) in [6.45, 7) is 0.0364. The van der Waals surface area contributed by atoms with E-state index < -0.39 is 11.8 Å². The predicted molar refractivity (Wildman–Crippen MR) is 99.7 cm³/mol. The zero-order valence-corrected chi connectivity index (χ0v) is 15.3. The third kappa shape index (κ3) is 4.81. The summed E-state index contributed by atoms with van der Waals surface area (Å²) < 4.78 is 18.8. The second-order valence-corrected chi connectivity index (χ2v) is 6.80. The highest BCUT2D eigenvalue weighted by molar-refractivity contribution is 7.15. The first kappa shape index (κ1) is 18.4. The molecule has 26 heavy (non-hydrogen) atoms. The molecule has 3 aromatic rings. The van der Waals surface area contributed by atoms with Gasteiger partial charge in [-0.1, -0.05) is 46.7 Å². The summed E-state index contributed by atoms with van der Waals surface area (Å²) in [5, 5.41) is 14.3. The third-order valence-corrected chi connectivity index (χ3v) is 4.60. The van der Waals surface area contributed by atoms with Crippen LogP contribution in [0.2, 0.25) is 10.0 Å². The first-order valence-corrected chi connectivity index (χ1v) is 8.81. The number of hydrogen-bond donors (Lipinski definition) is 2. The van der Waals surface area contributed by atoms with Crippen LogP contribution < -0.4 is 15.4 Å². The van der Waals surface area contributed by atoms with Crippen molar-refractivity contribution in [1.82, 2.24) is 10.2 Å². The number of aromatic nitrogens is 2. The fraction of sp³-hybridized carbons (Fsp3) is 0.0625. The Balaban J connectivity index is 1.55. The van der Waals surface area contributed by atoms with E-state index >= 15 is 0 Å². The predicted octanol–water partition coefficient (Wildman–Crippen LogP) is 5.21. The van der Waals surface area contributed by atoms with E-state index in [4.69, 9.17) is 27.9 Å². The molecule has 0 fully saturated rings. The quantitative estimate of drug-likeness (QED) is 0.602. The van der Waals surface area contributed by atoms with Gasteiger partial charge in [-0.2, -0.15) is 0 Å². The van der Waals surface area contributed by atoms with E-state index in [0.717, 1.165) is 11.3 Å². The number of carbonyl (C=O) groups is 1. The molecule has 3 rings (SSSR count). The smallest absolute Gasteiger partial charge is 0.325 e. The van der Waals surface area contributed by atoms with Crippen LogP contribution in [0.1, 0.15) is 5.01 Å². The molecule has 6 nitrogen and oxygen atoms in total. The maximum atomic E-state index is 13.5. The van der Waals surface area contributed by atoms with Gasteiger partial charge in [0.05, 0.1) is 10.0 Å².